The highest BCUT2D eigenvalue weighted by Crippen LogP contribution is 2.11. The van der Waals surface area contributed by atoms with Crippen molar-refractivity contribution in [3.63, 3.8) is 0 Å². The van der Waals surface area contributed by atoms with E-state index in [1.54, 1.807) is 13.5 Å². The summed E-state index contributed by atoms with van der Waals surface area (Å²) in [5.74, 6) is -0.0908. The first-order chi connectivity index (χ1) is 6.87. The van der Waals surface area contributed by atoms with E-state index >= 15 is 0 Å². The Balaban J connectivity index is 4.26. The van der Waals surface area contributed by atoms with Crippen molar-refractivity contribution in [3.8, 4) is 0 Å². The zero-order chi connectivity index (χ0) is 12.1. The van der Waals surface area contributed by atoms with E-state index in [0.717, 1.165) is 0 Å². The SMILES string of the molecule is C=C(C)C(=O)CCC(=O)[Si](C)(OC)OC. The summed E-state index contributed by atoms with van der Waals surface area (Å²) < 4.78 is 10.1. The van der Waals surface area contributed by atoms with Crippen LogP contribution in [0.1, 0.15) is 19.8 Å². The zero-order valence-corrected chi connectivity index (χ0v) is 10.8. The van der Waals surface area contributed by atoms with Gasteiger partial charge in [0.25, 0.3) is 0 Å². The normalized spacial score (nSPS) is 11.2. The molecule has 0 N–H and O–H groups in total. The Morgan fingerprint density at radius 2 is 1.67 bits per heavy atom. The Hall–Kier alpha value is -0.783. The van der Waals surface area contributed by atoms with E-state index in [0.29, 0.717) is 5.57 Å². The van der Waals surface area contributed by atoms with Gasteiger partial charge in [0.05, 0.1) is 0 Å². The topological polar surface area (TPSA) is 52.6 Å². The number of allylic oxidation sites excluding steroid dienone is 1. The minimum Gasteiger partial charge on any atom is -0.393 e. The number of carbonyl (C=O) groups is 2. The molecule has 0 spiro atoms. The predicted octanol–water partition coefficient (Wildman–Crippen LogP) is 1.38. The lowest BCUT2D eigenvalue weighted by molar-refractivity contribution is -0.120. The van der Waals surface area contributed by atoms with Gasteiger partial charge in [-0.15, -0.1) is 0 Å². The summed E-state index contributed by atoms with van der Waals surface area (Å²) in [4.78, 5) is 22.9. The molecule has 0 fully saturated rings. The standard InChI is InChI=1S/C10H18O4Si/c1-8(2)9(11)6-7-10(12)15(5,13-3)14-4/h1,6-7H2,2-5H3. The van der Waals surface area contributed by atoms with Crippen molar-refractivity contribution in [3.05, 3.63) is 12.2 Å². The largest absolute Gasteiger partial charge is 0.406 e. The van der Waals surface area contributed by atoms with Crippen LogP contribution in [0.25, 0.3) is 0 Å². The highest BCUT2D eigenvalue weighted by molar-refractivity contribution is 6.96. The lowest BCUT2D eigenvalue weighted by Gasteiger charge is -2.20. The van der Waals surface area contributed by atoms with Crippen LogP contribution in [0, 0.1) is 0 Å². The first-order valence-electron chi connectivity index (χ1n) is 4.69. The fourth-order valence-corrected chi connectivity index (χ4v) is 2.18. The Bertz CT molecular complexity index is 269. The average Bonchev–Trinajstić information content (AvgIpc) is 2.23. The first-order valence-corrected chi connectivity index (χ1v) is 7.01. The first kappa shape index (κ1) is 14.2. The van der Waals surface area contributed by atoms with E-state index in [1.807, 2.05) is 0 Å². The van der Waals surface area contributed by atoms with Crippen LogP contribution >= 0.6 is 0 Å². The molecule has 0 atom stereocenters. The van der Waals surface area contributed by atoms with Gasteiger partial charge in [-0.3, -0.25) is 9.59 Å². The van der Waals surface area contributed by atoms with Gasteiger partial charge in [0.2, 0.25) is 0 Å². The Kier molecular flexibility index (Phi) is 5.63. The van der Waals surface area contributed by atoms with E-state index < -0.39 is 8.56 Å². The van der Waals surface area contributed by atoms with E-state index in [1.165, 1.54) is 14.2 Å². The van der Waals surface area contributed by atoms with Crippen molar-refractivity contribution in [2.24, 2.45) is 0 Å². The van der Waals surface area contributed by atoms with Crippen LogP contribution in [-0.4, -0.2) is 34.0 Å². The van der Waals surface area contributed by atoms with Crippen molar-refractivity contribution in [1.29, 1.82) is 0 Å². The summed E-state index contributed by atoms with van der Waals surface area (Å²) in [7, 11) is 0.182. The van der Waals surface area contributed by atoms with Gasteiger partial charge in [0.1, 0.15) is 0 Å². The fraction of sp³-hybridized carbons (Fsp3) is 0.600. The second-order valence-corrected chi connectivity index (χ2v) is 6.75. The summed E-state index contributed by atoms with van der Waals surface area (Å²) in [5.41, 5.74) is 0.473. The monoisotopic (exact) mass is 230 g/mol. The van der Waals surface area contributed by atoms with Crippen LogP contribution < -0.4 is 0 Å². The van der Waals surface area contributed by atoms with Crippen LogP contribution in [0.4, 0.5) is 0 Å². The molecule has 0 heterocycles. The summed E-state index contributed by atoms with van der Waals surface area (Å²) in [6, 6.07) is 0. The summed E-state index contributed by atoms with van der Waals surface area (Å²) in [6.07, 6.45) is 0.347. The van der Waals surface area contributed by atoms with Gasteiger partial charge in [-0.05, 0) is 19.0 Å². The number of hydrogen-bond acceptors (Lipinski definition) is 4. The molecule has 86 valence electrons. The third-order valence-electron chi connectivity index (χ3n) is 2.34. The molecule has 0 rings (SSSR count). The van der Waals surface area contributed by atoms with Crippen LogP contribution in [0.15, 0.2) is 12.2 Å². The summed E-state index contributed by atoms with van der Waals surface area (Å²) in [5, 5.41) is -0.109. The molecule has 5 heteroatoms. The fourth-order valence-electron chi connectivity index (χ4n) is 0.979. The molecule has 0 saturated heterocycles. The van der Waals surface area contributed by atoms with Crippen LogP contribution in [0.2, 0.25) is 6.55 Å². The third-order valence-corrected chi connectivity index (χ3v) is 5.16. The third kappa shape index (κ3) is 4.07. The van der Waals surface area contributed by atoms with Gasteiger partial charge in [-0.2, -0.15) is 0 Å². The van der Waals surface area contributed by atoms with E-state index in [9.17, 15) is 9.59 Å². The molecule has 0 aromatic rings. The van der Waals surface area contributed by atoms with Crippen molar-refractivity contribution in [1.82, 2.24) is 0 Å². The molecule has 0 unspecified atom stereocenters. The lowest BCUT2D eigenvalue weighted by atomic mass is 10.1. The molecular weight excluding hydrogens is 212 g/mol. The molecule has 0 bridgehead atoms. The van der Waals surface area contributed by atoms with E-state index in [-0.39, 0.29) is 24.0 Å². The van der Waals surface area contributed by atoms with Gasteiger partial charge in [-0.25, -0.2) is 0 Å². The molecule has 0 aliphatic heterocycles. The summed E-state index contributed by atoms with van der Waals surface area (Å²) in [6.45, 7) is 6.83. The smallest absolute Gasteiger partial charge is 0.393 e. The molecule has 4 nitrogen and oxygen atoms in total. The molecule has 0 amide bonds. The predicted molar refractivity (Wildman–Crippen MR) is 59.7 cm³/mol. The molecule has 0 radical (unpaired) electrons. The Labute approximate surface area is 91.5 Å². The molecule has 0 saturated carbocycles. The molecule has 0 aliphatic carbocycles. The number of hydrogen-bond donors (Lipinski definition) is 0. The van der Waals surface area contributed by atoms with Crippen molar-refractivity contribution >= 4 is 19.8 Å². The highest BCUT2D eigenvalue weighted by atomic mass is 28.4. The number of Topliss-reactive ketones (excluding diaryl/α,β-unsaturated/α-hetero) is 1. The Morgan fingerprint density at radius 1 is 1.20 bits per heavy atom. The van der Waals surface area contributed by atoms with E-state index in [4.69, 9.17) is 8.85 Å². The van der Waals surface area contributed by atoms with Gasteiger partial charge in [0, 0.05) is 27.1 Å². The van der Waals surface area contributed by atoms with Gasteiger partial charge < -0.3 is 8.85 Å². The maximum Gasteiger partial charge on any atom is 0.406 e. The zero-order valence-electron chi connectivity index (χ0n) is 9.75. The van der Waals surface area contributed by atoms with Crippen LogP contribution in [0.5, 0.6) is 0 Å². The van der Waals surface area contributed by atoms with Crippen molar-refractivity contribution in [2.45, 2.75) is 26.3 Å². The van der Waals surface area contributed by atoms with E-state index in [2.05, 4.69) is 6.58 Å². The molecule has 0 aliphatic rings. The number of rotatable bonds is 7. The molecular formula is C10H18O4Si. The summed E-state index contributed by atoms with van der Waals surface area (Å²) >= 11 is 0. The lowest BCUT2D eigenvalue weighted by Crippen LogP contribution is -2.46. The highest BCUT2D eigenvalue weighted by Gasteiger charge is 2.38. The minimum atomic E-state index is -2.72. The average molecular weight is 230 g/mol. The second-order valence-electron chi connectivity index (χ2n) is 3.48. The molecule has 0 aromatic heterocycles. The molecule has 0 aromatic carbocycles. The number of ketones is 1. The van der Waals surface area contributed by atoms with Crippen LogP contribution in [-0.2, 0) is 18.4 Å². The van der Waals surface area contributed by atoms with Crippen molar-refractivity contribution in [2.75, 3.05) is 14.2 Å². The van der Waals surface area contributed by atoms with Crippen molar-refractivity contribution < 1.29 is 18.4 Å². The van der Waals surface area contributed by atoms with Crippen LogP contribution in [0.3, 0.4) is 0 Å². The second kappa shape index (κ2) is 5.94. The van der Waals surface area contributed by atoms with Gasteiger partial charge in [-0.1, -0.05) is 6.58 Å². The maximum absolute atomic E-state index is 11.7. The molecule has 15 heavy (non-hydrogen) atoms. The minimum absolute atomic E-state index is 0.0908. The van der Waals surface area contributed by atoms with Gasteiger partial charge >= 0.3 is 8.56 Å². The maximum atomic E-state index is 11.7. The van der Waals surface area contributed by atoms with Gasteiger partial charge in [0.15, 0.2) is 11.2 Å². The quantitative estimate of drug-likeness (QED) is 0.490. The number of carbonyl (C=O) groups excluding carboxylic acids is 2. The Morgan fingerprint density at radius 3 is 2.00 bits per heavy atom.